The molecule has 1 unspecified atom stereocenters. The molecular formula is C11H14N4O2S. The Bertz CT molecular complexity index is 692. The van der Waals surface area contributed by atoms with Gasteiger partial charge in [-0.3, -0.25) is 0 Å². The third kappa shape index (κ3) is 1.66. The van der Waals surface area contributed by atoms with E-state index in [1.54, 1.807) is 18.5 Å². The van der Waals surface area contributed by atoms with Crippen molar-refractivity contribution in [1.82, 2.24) is 14.6 Å². The van der Waals surface area contributed by atoms with Crippen molar-refractivity contribution in [2.45, 2.75) is 24.5 Å². The number of nitrogen functional groups attached to an aromatic ring is 1. The molecule has 2 N–H and O–H groups in total. The van der Waals surface area contributed by atoms with Gasteiger partial charge in [0.2, 0.25) is 0 Å². The van der Waals surface area contributed by atoms with E-state index in [0.717, 1.165) is 12.8 Å². The van der Waals surface area contributed by atoms with Crippen molar-refractivity contribution in [2.75, 3.05) is 11.5 Å². The number of nitrogens with zero attached hydrogens (tertiary/aromatic N) is 3. The zero-order chi connectivity index (χ0) is 12.8. The Balaban J connectivity index is 2.17. The SMILES string of the molecule is Nc1ccnc2c(C3CCCCS3(=O)=O)cnn12. The van der Waals surface area contributed by atoms with Crippen LogP contribution >= 0.6 is 0 Å². The van der Waals surface area contributed by atoms with Crippen molar-refractivity contribution in [3.05, 3.63) is 24.0 Å². The van der Waals surface area contributed by atoms with E-state index in [-0.39, 0.29) is 5.75 Å². The van der Waals surface area contributed by atoms with Crippen LogP contribution in [0.4, 0.5) is 5.82 Å². The van der Waals surface area contributed by atoms with Crippen molar-refractivity contribution in [2.24, 2.45) is 0 Å². The van der Waals surface area contributed by atoms with Crippen LogP contribution in [0.25, 0.3) is 5.65 Å². The summed E-state index contributed by atoms with van der Waals surface area (Å²) in [5.74, 6) is 0.705. The van der Waals surface area contributed by atoms with Crippen molar-refractivity contribution < 1.29 is 8.42 Å². The molecule has 0 aromatic carbocycles. The molecule has 0 amide bonds. The Morgan fingerprint density at radius 1 is 1.39 bits per heavy atom. The molecule has 2 aromatic heterocycles. The fourth-order valence-corrected chi connectivity index (χ4v) is 4.43. The summed E-state index contributed by atoms with van der Waals surface area (Å²) in [6, 6.07) is 1.64. The predicted octanol–water partition coefficient (Wildman–Crippen LogP) is 0.951. The van der Waals surface area contributed by atoms with Gasteiger partial charge in [-0.25, -0.2) is 13.4 Å². The van der Waals surface area contributed by atoms with Crippen molar-refractivity contribution in [3.8, 4) is 0 Å². The first kappa shape index (κ1) is 11.5. The topological polar surface area (TPSA) is 90.3 Å². The van der Waals surface area contributed by atoms with Crippen LogP contribution in [0.5, 0.6) is 0 Å². The molecule has 0 saturated carbocycles. The fourth-order valence-electron chi connectivity index (χ4n) is 2.46. The highest BCUT2D eigenvalue weighted by atomic mass is 32.2. The minimum Gasteiger partial charge on any atom is -0.384 e. The smallest absolute Gasteiger partial charge is 0.161 e. The fraction of sp³-hybridized carbons (Fsp3) is 0.455. The van der Waals surface area contributed by atoms with E-state index in [0.29, 0.717) is 23.4 Å². The Hall–Kier alpha value is -1.63. The molecule has 0 aliphatic carbocycles. The van der Waals surface area contributed by atoms with Crippen molar-refractivity contribution in [3.63, 3.8) is 0 Å². The first-order valence-electron chi connectivity index (χ1n) is 5.89. The zero-order valence-corrected chi connectivity index (χ0v) is 10.6. The molecule has 3 rings (SSSR count). The van der Waals surface area contributed by atoms with Crippen LogP contribution in [0, 0.1) is 0 Å². The Labute approximate surface area is 105 Å². The summed E-state index contributed by atoms with van der Waals surface area (Å²) in [6.45, 7) is 0. The summed E-state index contributed by atoms with van der Waals surface area (Å²) in [7, 11) is -3.08. The molecule has 96 valence electrons. The van der Waals surface area contributed by atoms with Crippen LogP contribution in [0.2, 0.25) is 0 Å². The Kier molecular flexibility index (Phi) is 2.51. The average Bonchev–Trinajstić information content (AvgIpc) is 2.74. The van der Waals surface area contributed by atoms with Crippen LogP contribution in [-0.4, -0.2) is 28.8 Å². The first-order chi connectivity index (χ1) is 8.59. The van der Waals surface area contributed by atoms with Gasteiger partial charge in [0.25, 0.3) is 0 Å². The number of sulfone groups is 1. The van der Waals surface area contributed by atoms with Gasteiger partial charge in [0, 0.05) is 11.8 Å². The van der Waals surface area contributed by atoms with Gasteiger partial charge < -0.3 is 5.73 Å². The summed E-state index contributed by atoms with van der Waals surface area (Å²) < 4.78 is 25.7. The highest BCUT2D eigenvalue weighted by Gasteiger charge is 2.32. The third-order valence-electron chi connectivity index (χ3n) is 3.38. The van der Waals surface area contributed by atoms with Crippen LogP contribution in [0.15, 0.2) is 18.5 Å². The maximum absolute atomic E-state index is 12.1. The van der Waals surface area contributed by atoms with Crippen LogP contribution in [-0.2, 0) is 9.84 Å². The molecule has 1 aliphatic heterocycles. The Morgan fingerprint density at radius 3 is 3.00 bits per heavy atom. The molecule has 0 radical (unpaired) electrons. The van der Waals surface area contributed by atoms with Gasteiger partial charge >= 0.3 is 0 Å². The molecule has 18 heavy (non-hydrogen) atoms. The molecule has 6 nitrogen and oxygen atoms in total. The highest BCUT2D eigenvalue weighted by molar-refractivity contribution is 7.91. The molecule has 1 fully saturated rings. The summed E-state index contributed by atoms with van der Waals surface area (Å²) in [5, 5.41) is 3.64. The Morgan fingerprint density at radius 2 is 2.22 bits per heavy atom. The van der Waals surface area contributed by atoms with E-state index in [4.69, 9.17) is 5.73 Å². The number of anilines is 1. The number of fused-ring (bicyclic) bond motifs is 1. The zero-order valence-electron chi connectivity index (χ0n) is 9.78. The summed E-state index contributed by atoms with van der Waals surface area (Å²) in [5.41, 5.74) is 6.99. The average molecular weight is 266 g/mol. The van der Waals surface area contributed by atoms with Gasteiger partial charge in [0.05, 0.1) is 17.2 Å². The van der Waals surface area contributed by atoms with E-state index < -0.39 is 15.1 Å². The van der Waals surface area contributed by atoms with Gasteiger partial charge in [-0.1, -0.05) is 6.42 Å². The molecule has 7 heteroatoms. The second kappa shape index (κ2) is 3.94. The lowest BCUT2D eigenvalue weighted by molar-refractivity contribution is 0.546. The predicted molar refractivity (Wildman–Crippen MR) is 67.8 cm³/mol. The standard InChI is InChI=1S/C11H14N4O2S/c12-10-4-5-13-11-8(7-14-15(10)11)9-3-1-2-6-18(9,16)17/h4-5,7,9H,1-3,6,12H2. The monoisotopic (exact) mass is 266 g/mol. The van der Waals surface area contributed by atoms with Gasteiger partial charge in [0.1, 0.15) is 5.82 Å². The van der Waals surface area contributed by atoms with Crippen LogP contribution in [0.1, 0.15) is 30.1 Å². The summed E-state index contributed by atoms with van der Waals surface area (Å²) >= 11 is 0. The van der Waals surface area contributed by atoms with Crippen molar-refractivity contribution >= 4 is 21.3 Å². The van der Waals surface area contributed by atoms with Crippen LogP contribution < -0.4 is 5.73 Å². The van der Waals surface area contributed by atoms with Gasteiger partial charge in [-0.05, 0) is 18.9 Å². The molecule has 1 aliphatic rings. The quantitative estimate of drug-likeness (QED) is 0.830. The lowest BCUT2D eigenvalue weighted by Gasteiger charge is -2.21. The third-order valence-corrected chi connectivity index (χ3v) is 5.60. The first-order valence-corrected chi connectivity index (χ1v) is 7.61. The normalized spacial score (nSPS) is 23.2. The second-order valence-corrected chi connectivity index (χ2v) is 6.86. The molecule has 0 spiro atoms. The van der Waals surface area contributed by atoms with Gasteiger partial charge in [-0.2, -0.15) is 9.61 Å². The van der Waals surface area contributed by atoms with E-state index in [1.807, 2.05) is 0 Å². The van der Waals surface area contributed by atoms with E-state index in [1.165, 1.54) is 4.52 Å². The number of aromatic nitrogens is 3. The van der Waals surface area contributed by atoms with E-state index in [9.17, 15) is 8.42 Å². The molecule has 1 saturated heterocycles. The number of hydrogen-bond donors (Lipinski definition) is 1. The molecule has 2 aromatic rings. The minimum atomic E-state index is -3.08. The minimum absolute atomic E-state index is 0.247. The maximum atomic E-state index is 12.1. The number of nitrogens with two attached hydrogens (primary N) is 1. The number of hydrogen-bond acceptors (Lipinski definition) is 5. The highest BCUT2D eigenvalue weighted by Crippen LogP contribution is 2.35. The summed E-state index contributed by atoms with van der Waals surface area (Å²) in [4.78, 5) is 4.20. The lowest BCUT2D eigenvalue weighted by Crippen LogP contribution is -2.21. The largest absolute Gasteiger partial charge is 0.384 e. The second-order valence-electron chi connectivity index (χ2n) is 4.56. The van der Waals surface area contributed by atoms with Gasteiger partial charge in [0.15, 0.2) is 15.5 Å². The van der Waals surface area contributed by atoms with Crippen molar-refractivity contribution in [1.29, 1.82) is 0 Å². The summed E-state index contributed by atoms with van der Waals surface area (Å²) in [6.07, 6.45) is 5.45. The maximum Gasteiger partial charge on any atom is 0.161 e. The molecule has 3 heterocycles. The molecule has 0 bridgehead atoms. The van der Waals surface area contributed by atoms with E-state index in [2.05, 4.69) is 10.1 Å². The molecular weight excluding hydrogens is 252 g/mol. The van der Waals surface area contributed by atoms with Crippen LogP contribution in [0.3, 0.4) is 0 Å². The molecule has 1 atom stereocenters. The van der Waals surface area contributed by atoms with E-state index >= 15 is 0 Å². The number of rotatable bonds is 1. The lowest BCUT2D eigenvalue weighted by atomic mass is 10.1. The van der Waals surface area contributed by atoms with Gasteiger partial charge in [-0.15, -0.1) is 0 Å².